The van der Waals surface area contributed by atoms with Crippen molar-refractivity contribution < 1.29 is 22.3 Å². The van der Waals surface area contributed by atoms with Gasteiger partial charge in [0.1, 0.15) is 17.9 Å². The molecule has 14 heteroatoms. The number of amides is 1. The molecule has 1 aromatic carbocycles. The van der Waals surface area contributed by atoms with Crippen LogP contribution in [0.4, 0.5) is 10.2 Å². The minimum atomic E-state index is -3.45. The van der Waals surface area contributed by atoms with Gasteiger partial charge in [0.05, 0.1) is 11.8 Å². The van der Waals surface area contributed by atoms with Crippen LogP contribution < -0.4 is 15.4 Å². The Kier molecular flexibility index (Phi) is 10.3. The van der Waals surface area contributed by atoms with Crippen molar-refractivity contribution in [2.24, 2.45) is 17.1 Å². The molecule has 4 aliphatic rings. The fraction of sp³-hybridized carbons (Fsp3) is 0.676. The number of carbonyl (C=O) groups is 1. The zero-order chi connectivity index (χ0) is 34.2. The normalized spacial score (nSPS) is 24.0. The minimum Gasteiger partial charge on any atom is -0.451 e. The van der Waals surface area contributed by atoms with Crippen LogP contribution in [0.15, 0.2) is 30.7 Å². The summed E-state index contributed by atoms with van der Waals surface area (Å²) in [6.07, 6.45) is 7.80. The van der Waals surface area contributed by atoms with Gasteiger partial charge in [-0.1, -0.05) is 0 Å². The summed E-state index contributed by atoms with van der Waals surface area (Å²) in [5, 5.41) is 0. The average molecular weight is 687 g/mol. The number of likely N-dealkylation sites (tertiary alicyclic amines) is 1. The average Bonchev–Trinajstić information content (AvgIpc) is 3.51. The molecule has 264 valence electrons. The van der Waals surface area contributed by atoms with E-state index in [0.717, 1.165) is 64.8 Å². The first-order valence-electron chi connectivity index (χ1n) is 17.4. The minimum absolute atomic E-state index is 0.0682. The number of piperidine rings is 2. The summed E-state index contributed by atoms with van der Waals surface area (Å²) in [7, 11) is -3.45. The molecule has 0 radical (unpaired) electrons. The van der Waals surface area contributed by atoms with Crippen molar-refractivity contribution in [1.82, 2.24) is 28.4 Å². The molecule has 4 saturated heterocycles. The van der Waals surface area contributed by atoms with Gasteiger partial charge in [-0.2, -0.15) is 17.0 Å². The van der Waals surface area contributed by atoms with E-state index in [-0.39, 0.29) is 40.8 Å². The number of nitrogens with two attached hydrogens (primary N) is 1. The second-order valence-electron chi connectivity index (χ2n) is 14.8. The van der Waals surface area contributed by atoms with Gasteiger partial charge in [-0.25, -0.2) is 14.4 Å². The number of ether oxygens (including phenoxy) is 1. The number of rotatable bonds is 10. The fourth-order valence-electron chi connectivity index (χ4n) is 8.01. The lowest BCUT2D eigenvalue weighted by atomic mass is 9.72. The van der Waals surface area contributed by atoms with Gasteiger partial charge in [-0.3, -0.25) is 4.79 Å². The van der Waals surface area contributed by atoms with Crippen LogP contribution in [0.1, 0.15) is 70.2 Å². The molecule has 6 rings (SSSR count). The topological polar surface area (TPSA) is 128 Å². The fourth-order valence-corrected chi connectivity index (χ4v) is 9.81. The Morgan fingerprint density at radius 1 is 1.04 bits per heavy atom. The van der Waals surface area contributed by atoms with E-state index in [4.69, 9.17) is 10.5 Å². The lowest BCUT2D eigenvalue weighted by Crippen LogP contribution is -2.61. The van der Waals surface area contributed by atoms with E-state index < -0.39 is 16.0 Å². The first kappa shape index (κ1) is 34.9. The first-order chi connectivity index (χ1) is 22.8. The van der Waals surface area contributed by atoms with Gasteiger partial charge in [0.2, 0.25) is 0 Å². The van der Waals surface area contributed by atoms with Crippen LogP contribution >= 0.6 is 0 Å². The van der Waals surface area contributed by atoms with Crippen LogP contribution in [-0.4, -0.2) is 120 Å². The highest BCUT2D eigenvalue weighted by atomic mass is 32.2. The third-order valence-corrected chi connectivity index (χ3v) is 12.5. The van der Waals surface area contributed by atoms with E-state index in [0.29, 0.717) is 43.7 Å². The summed E-state index contributed by atoms with van der Waals surface area (Å²) >= 11 is 0. The number of carbonyl (C=O) groups excluding carboxylic acids is 1. The molecule has 0 bridgehead atoms. The highest BCUT2D eigenvalue weighted by Crippen LogP contribution is 2.45. The molecule has 2 atom stereocenters. The van der Waals surface area contributed by atoms with Crippen LogP contribution in [0.2, 0.25) is 0 Å². The molecule has 48 heavy (non-hydrogen) atoms. The van der Waals surface area contributed by atoms with Gasteiger partial charge in [-0.05, 0) is 97.0 Å². The Morgan fingerprint density at radius 2 is 1.75 bits per heavy atom. The predicted molar refractivity (Wildman–Crippen MR) is 183 cm³/mol. The second-order valence-corrected chi connectivity index (χ2v) is 16.7. The number of hydrogen-bond donors (Lipinski definition) is 1. The van der Waals surface area contributed by atoms with Crippen molar-refractivity contribution in [2.75, 3.05) is 63.8 Å². The molecule has 0 saturated carbocycles. The van der Waals surface area contributed by atoms with E-state index in [1.807, 2.05) is 27.7 Å². The van der Waals surface area contributed by atoms with Crippen LogP contribution in [0.5, 0.6) is 11.5 Å². The van der Waals surface area contributed by atoms with Gasteiger partial charge in [-0.15, -0.1) is 0 Å². The Bertz CT molecular complexity index is 1550. The molecule has 0 aliphatic carbocycles. The van der Waals surface area contributed by atoms with E-state index in [1.54, 1.807) is 19.7 Å². The van der Waals surface area contributed by atoms with Crippen molar-refractivity contribution in [1.29, 1.82) is 0 Å². The van der Waals surface area contributed by atoms with E-state index in [9.17, 15) is 17.6 Å². The number of hydrogen-bond acceptors (Lipinski definition) is 9. The maximum absolute atomic E-state index is 14.4. The summed E-state index contributed by atoms with van der Waals surface area (Å²) in [6, 6.07) is 3.81. The molecule has 4 fully saturated rings. The number of aromatic nitrogens is 2. The zero-order valence-corrected chi connectivity index (χ0v) is 29.5. The number of halogens is 1. The van der Waals surface area contributed by atoms with Crippen molar-refractivity contribution in [3.63, 3.8) is 0 Å². The maximum atomic E-state index is 14.4. The van der Waals surface area contributed by atoms with Crippen molar-refractivity contribution in [2.45, 2.75) is 77.9 Å². The van der Waals surface area contributed by atoms with E-state index >= 15 is 0 Å². The van der Waals surface area contributed by atoms with Gasteiger partial charge in [0.15, 0.2) is 11.6 Å². The van der Waals surface area contributed by atoms with Crippen molar-refractivity contribution in [3.05, 3.63) is 42.1 Å². The molecule has 1 amide bonds. The van der Waals surface area contributed by atoms with Crippen LogP contribution in [0.3, 0.4) is 0 Å². The zero-order valence-electron chi connectivity index (χ0n) is 28.7. The third-order valence-electron chi connectivity index (χ3n) is 10.5. The standard InChI is InChI=1S/C34H51FN8O4S/c1-24(2)43(25(3)4)33(44)29-16-27(35)7-8-30(29)47-31-17-37-23-38-32(31)40-21-34(22-40)10-14-39(15-11-34)18-26-9-13-42(19-26)48(45,46)41-12-5-6-28(36)20-41/h7-8,16-17,23-26,28H,5-6,9-15,18-22,36H2,1-4H3/t26-,28-/m1/s1. The molecule has 4 aliphatic heterocycles. The van der Waals surface area contributed by atoms with Gasteiger partial charge in [0, 0.05) is 69.4 Å². The molecule has 2 aromatic rings. The number of benzene rings is 1. The SMILES string of the molecule is CC(C)N(C(=O)c1cc(F)ccc1Oc1cncnc1N1CC2(CCN(C[C@H]3CCN(S(=O)(=O)N4CCC[C@@H](N)C4)C3)CC2)C1)C(C)C. The van der Waals surface area contributed by atoms with Crippen molar-refractivity contribution >= 4 is 21.9 Å². The highest BCUT2D eigenvalue weighted by Gasteiger charge is 2.47. The van der Waals surface area contributed by atoms with Gasteiger partial charge in [0.25, 0.3) is 16.1 Å². The summed E-state index contributed by atoms with van der Waals surface area (Å²) in [4.78, 5) is 28.7. The quantitative estimate of drug-likeness (QED) is 0.399. The Labute approximate surface area is 284 Å². The van der Waals surface area contributed by atoms with E-state index in [2.05, 4.69) is 19.8 Å². The Hall–Kier alpha value is -2.91. The van der Waals surface area contributed by atoms with Crippen LogP contribution in [0, 0.1) is 17.2 Å². The molecule has 12 nitrogen and oxygen atoms in total. The molecular weight excluding hydrogens is 635 g/mol. The molecule has 2 N–H and O–H groups in total. The predicted octanol–water partition coefficient (Wildman–Crippen LogP) is 3.56. The summed E-state index contributed by atoms with van der Waals surface area (Å²) in [5.41, 5.74) is 6.41. The lowest BCUT2D eigenvalue weighted by Gasteiger charge is -2.54. The molecule has 1 aromatic heterocycles. The van der Waals surface area contributed by atoms with Crippen molar-refractivity contribution in [3.8, 4) is 11.5 Å². The summed E-state index contributed by atoms with van der Waals surface area (Å²) in [5.74, 6) is 0.899. The molecular formula is C34H51FN8O4S. The molecule has 5 heterocycles. The Morgan fingerprint density at radius 3 is 2.44 bits per heavy atom. The lowest BCUT2D eigenvalue weighted by molar-refractivity contribution is 0.0640. The monoisotopic (exact) mass is 686 g/mol. The highest BCUT2D eigenvalue weighted by molar-refractivity contribution is 7.86. The maximum Gasteiger partial charge on any atom is 0.282 e. The Balaban J connectivity index is 1.04. The molecule has 0 unspecified atom stereocenters. The largest absolute Gasteiger partial charge is 0.451 e. The molecule has 1 spiro atoms. The van der Waals surface area contributed by atoms with Crippen LogP contribution in [0.25, 0.3) is 0 Å². The van der Waals surface area contributed by atoms with Gasteiger partial charge < -0.3 is 25.2 Å². The second kappa shape index (κ2) is 14.1. The first-order valence-corrected chi connectivity index (χ1v) is 18.8. The number of nitrogens with zero attached hydrogens (tertiary/aromatic N) is 7. The van der Waals surface area contributed by atoms with Crippen LogP contribution in [-0.2, 0) is 10.2 Å². The third kappa shape index (κ3) is 7.32. The number of anilines is 1. The summed E-state index contributed by atoms with van der Waals surface area (Å²) < 4.78 is 50.4. The summed E-state index contributed by atoms with van der Waals surface area (Å²) in [6.45, 7) is 14.4. The van der Waals surface area contributed by atoms with Gasteiger partial charge >= 0.3 is 0 Å². The van der Waals surface area contributed by atoms with E-state index in [1.165, 1.54) is 24.5 Å². The smallest absolute Gasteiger partial charge is 0.282 e.